The Bertz CT molecular complexity index is 1640. The number of benzene rings is 2. The number of carbonyl (C=O) groups is 2. The largest absolute Gasteiger partial charge is 0.493 e. The molecule has 1 amide bonds. The fourth-order valence-corrected chi connectivity index (χ4v) is 9.06. The molecule has 3 fully saturated rings. The molecule has 2 aromatic carbocycles. The van der Waals surface area contributed by atoms with Crippen LogP contribution in [0.25, 0.3) is 0 Å². The normalized spacial score (nSPS) is 28.9. The minimum absolute atomic E-state index is 0.0200. The quantitative estimate of drug-likeness (QED) is 0.281. The van der Waals surface area contributed by atoms with E-state index in [2.05, 4.69) is 22.8 Å². The zero-order chi connectivity index (χ0) is 33.3. The van der Waals surface area contributed by atoms with Crippen molar-refractivity contribution in [2.75, 3.05) is 26.7 Å². The number of amides is 1. The first-order valence-corrected chi connectivity index (χ1v) is 16.7. The van der Waals surface area contributed by atoms with Crippen LogP contribution in [0, 0.1) is 23.7 Å². The maximum atomic E-state index is 14.0. The van der Waals surface area contributed by atoms with Crippen LogP contribution in [0.5, 0.6) is 11.5 Å². The highest BCUT2D eigenvalue weighted by molar-refractivity contribution is 5.94. The summed E-state index contributed by atoms with van der Waals surface area (Å²) in [6, 6.07) is 8.17. The van der Waals surface area contributed by atoms with Gasteiger partial charge in [-0.1, -0.05) is 25.8 Å². The van der Waals surface area contributed by atoms with Gasteiger partial charge >= 0.3 is 12.1 Å². The second-order valence-corrected chi connectivity index (χ2v) is 14.3. The number of halogens is 3. The van der Waals surface area contributed by atoms with E-state index < -0.39 is 34.8 Å². The average molecular weight is 651 g/mol. The van der Waals surface area contributed by atoms with Crippen molar-refractivity contribution in [2.24, 2.45) is 11.8 Å². The molecule has 1 spiro atoms. The molecule has 0 N–H and O–H groups in total. The predicted octanol–water partition coefficient (Wildman–Crippen LogP) is 5.75. The van der Waals surface area contributed by atoms with Gasteiger partial charge in [-0.2, -0.15) is 13.2 Å². The molecule has 7 rings (SSSR count). The summed E-state index contributed by atoms with van der Waals surface area (Å²) in [4.78, 5) is 31.4. The van der Waals surface area contributed by atoms with Crippen LogP contribution < -0.4 is 9.47 Å². The van der Waals surface area contributed by atoms with Crippen LogP contribution >= 0.6 is 0 Å². The van der Waals surface area contributed by atoms with Crippen LogP contribution in [-0.2, 0) is 32.3 Å². The molecule has 10 heteroatoms. The number of likely N-dealkylation sites (tertiary alicyclic amines) is 1. The van der Waals surface area contributed by atoms with Crippen LogP contribution in [0.1, 0.15) is 75.1 Å². The van der Waals surface area contributed by atoms with E-state index in [1.54, 1.807) is 12.0 Å². The van der Waals surface area contributed by atoms with E-state index in [-0.39, 0.29) is 24.0 Å². The molecule has 7 nitrogen and oxygen atoms in total. The van der Waals surface area contributed by atoms with Crippen LogP contribution in [-0.4, -0.2) is 72.2 Å². The predicted molar refractivity (Wildman–Crippen MR) is 168 cm³/mol. The Morgan fingerprint density at radius 2 is 1.85 bits per heavy atom. The Hall–Kier alpha value is -3.71. The lowest BCUT2D eigenvalue weighted by Crippen LogP contribution is -2.79. The number of hydrogen-bond donors (Lipinski definition) is 0. The van der Waals surface area contributed by atoms with Crippen LogP contribution in [0.3, 0.4) is 0 Å². The first kappa shape index (κ1) is 31.9. The first-order valence-electron chi connectivity index (χ1n) is 16.7. The minimum atomic E-state index is -4.45. The highest BCUT2D eigenvalue weighted by atomic mass is 19.4. The lowest BCUT2D eigenvalue weighted by atomic mass is 9.48. The molecular formula is C37H41F3N2O5. The molecule has 2 aromatic rings. The van der Waals surface area contributed by atoms with Crippen LogP contribution in [0.15, 0.2) is 36.4 Å². The highest BCUT2D eigenvalue weighted by Gasteiger charge is 2.76. The molecule has 2 aliphatic heterocycles. The third-order valence-electron chi connectivity index (χ3n) is 11.0. The fourth-order valence-electron chi connectivity index (χ4n) is 9.06. The molecule has 0 unspecified atom stereocenters. The Labute approximate surface area is 273 Å². The van der Waals surface area contributed by atoms with Gasteiger partial charge in [0.15, 0.2) is 11.5 Å². The minimum Gasteiger partial charge on any atom is -0.493 e. The number of carbonyl (C=O) groups excluding carboxylic acids is 2. The number of hydrogen-bond acceptors (Lipinski definition) is 6. The van der Waals surface area contributed by atoms with Gasteiger partial charge in [0.05, 0.1) is 30.2 Å². The van der Waals surface area contributed by atoms with Gasteiger partial charge in [-0.05, 0) is 92.8 Å². The van der Waals surface area contributed by atoms with Gasteiger partial charge in [-0.15, -0.1) is 0 Å². The molecule has 0 aromatic heterocycles. The summed E-state index contributed by atoms with van der Waals surface area (Å²) in [5.41, 5.74) is 0.235. The smallest absolute Gasteiger partial charge is 0.416 e. The molecule has 47 heavy (non-hydrogen) atoms. The molecule has 5 atom stereocenters. The van der Waals surface area contributed by atoms with Gasteiger partial charge in [0.25, 0.3) is 5.91 Å². The maximum absolute atomic E-state index is 14.0. The summed E-state index contributed by atoms with van der Waals surface area (Å²) in [5, 5.41) is 0. The third-order valence-corrected chi connectivity index (χ3v) is 11.0. The summed E-state index contributed by atoms with van der Waals surface area (Å²) in [6.07, 6.45) is 0.0294. The summed E-state index contributed by atoms with van der Waals surface area (Å²) in [7, 11) is 1.62. The molecule has 1 saturated heterocycles. The lowest BCUT2D eigenvalue weighted by Gasteiger charge is -2.65. The van der Waals surface area contributed by atoms with Crippen molar-refractivity contribution >= 4 is 11.9 Å². The Morgan fingerprint density at radius 1 is 1.11 bits per heavy atom. The highest BCUT2D eigenvalue weighted by Crippen LogP contribution is 2.67. The zero-order valence-corrected chi connectivity index (χ0v) is 27.3. The van der Waals surface area contributed by atoms with E-state index in [1.807, 2.05) is 19.9 Å². The van der Waals surface area contributed by atoms with E-state index in [4.69, 9.17) is 14.2 Å². The van der Waals surface area contributed by atoms with E-state index in [1.165, 1.54) is 37.5 Å². The van der Waals surface area contributed by atoms with Crippen molar-refractivity contribution in [1.82, 2.24) is 9.80 Å². The summed E-state index contributed by atoms with van der Waals surface area (Å²) >= 11 is 0. The van der Waals surface area contributed by atoms with Crippen molar-refractivity contribution < 1.29 is 37.0 Å². The van der Waals surface area contributed by atoms with Crippen molar-refractivity contribution in [2.45, 2.75) is 94.7 Å². The number of alkyl halides is 3. The molecular weight excluding hydrogens is 609 g/mol. The van der Waals surface area contributed by atoms with Gasteiger partial charge in [0, 0.05) is 37.1 Å². The Kier molecular flexibility index (Phi) is 7.78. The molecule has 2 heterocycles. The van der Waals surface area contributed by atoms with Crippen LogP contribution in [0.4, 0.5) is 13.2 Å². The number of nitrogens with zero attached hydrogens (tertiary/aromatic N) is 2. The Balaban J connectivity index is 1.30. The van der Waals surface area contributed by atoms with Gasteiger partial charge in [0.1, 0.15) is 11.7 Å². The van der Waals surface area contributed by atoms with Crippen molar-refractivity contribution in [3.63, 3.8) is 0 Å². The standard InChI is InChI=1S/C37H41F3N2O5/c1-22(2)20-42(31(44)14-9-24-7-11-27(12-8-24)37(38,39)40)28-15-16-36(47-23(3)43)30-19-26-10-13-29(45-4)33-32(26)35(36,34(28)46-33)17-18-41(30)21-25-5-6-25/h7-8,10-13,22,25,28,30,34H,5-6,15-21H2,1-4H3/t28-,30+,34-,35-,36+/m0/s1. The van der Waals surface area contributed by atoms with E-state index in [9.17, 15) is 22.8 Å². The molecule has 0 radical (unpaired) electrons. The molecule has 2 saturated carbocycles. The van der Waals surface area contributed by atoms with Gasteiger partial charge in [-0.3, -0.25) is 14.5 Å². The summed E-state index contributed by atoms with van der Waals surface area (Å²) in [5.74, 6) is 6.86. The first-order chi connectivity index (χ1) is 22.4. The van der Waals surface area contributed by atoms with Gasteiger partial charge < -0.3 is 19.1 Å². The molecule has 2 bridgehead atoms. The van der Waals surface area contributed by atoms with Gasteiger partial charge in [-0.25, -0.2) is 0 Å². The Morgan fingerprint density at radius 3 is 2.49 bits per heavy atom. The number of piperidine rings is 1. The number of ether oxygens (including phenoxy) is 3. The summed E-state index contributed by atoms with van der Waals surface area (Å²) in [6.45, 7) is 7.78. The number of methoxy groups -OCH3 is 1. The van der Waals surface area contributed by atoms with Crippen molar-refractivity contribution in [1.29, 1.82) is 0 Å². The SMILES string of the molecule is COc1ccc2c3c1O[C@H]1[C@@H](N(CC(C)C)C(=O)C#Cc4ccc(C(F)(F)F)cc4)CC[C@@]4(OC(C)=O)[C@@H](C2)N(CC2CC2)CC[C@]314. The second kappa shape index (κ2) is 11.5. The van der Waals surface area contributed by atoms with Crippen LogP contribution in [0.2, 0.25) is 0 Å². The molecule has 250 valence electrons. The number of rotatable bonds is 7. The average Bonchev–Trinajstić information content (AvgIpc) is 3.77. The van der Waals surface area contributed by atoms with E-state index >= 15 is 0 Å². The van der Waals surface area contributed by atoms with Crippen molar-refractivity contribution in [3.8, 4) is 23.3 Å². The topological polar surface area (TPSA) is 68.3 Å². The lowest BCUT2D eigenvalue weighted by molar-refractivity contribution is -0.224. The fraction of sp³-hybridized carbons (Fsp3) is 0.568. The second-order valence-electron chi connectivity index (χ2n) is 14.3. The van der Waals surface area contributed by atoms with E-state index in [0.29, 0.717) is 48.8 Å². The van der Waals surface area contributed by atoms with E-state index in [0.717, 1.165) is 37.2 Å². The summed E-state index contributed by atoms with van der Waals surface area (Å²) < 4.78 is 58.7. The van der Waals surface area contributed by atoms with Crippen molar-refractivity contribution in [3.05, 3.63) is 58.7 Å². The monoisotopic (exact) mass is 650 g/mol. The molecule has 3 aliphatic carbocycles. The third kappa shape index (κ3) is 5.16. The number of esters is 1. The molecule has 5 aliphatic rings. The maximum Gasteiger partial charge on any atom is 0.416 e. The zero-order valence-electron chi connectivity index (χ0n) is 27.3. The van der Waals surface area contributed by atoms with Gasteiger partial charge in [0.2, 0.25) is 0 Å².